The summed E-state index contributed by atoms with van der Waals surface area (Å²) in [7, 11) is 0. The first-order valence-corrected chi connectivity index (χ1v) is 13.7. The van der Waals surface area contributed by atoms with Crippen molar-refractivity contribution in [1.29, 1.82) is 0 Å². The fraction of sp³-hybridized carbons (Fsp3) is 0.0811. The third-order valence-electron chi connectivity index (χ3n) is 7.55. The molecule has 5 aromatic rings. The number of carbonyl (C=O) groups is 2. The Bertz CT molecular complexity index is 1660. The van der Waals surface area contributed by atoms with Gasteiger partial charge in [-0.3, -0.25) is 4.79 Å². The minimum atomic E-state index is -1.39. The number of esters is 1. The van der Waals surface area contributed by atoms with E-state index in [1.165, 1.54) is 0 Å². The lowest BCUT2D eigenvalue weighted by Crippen LogP contribution is -2.61. The molecule has 6 rings (SSSR count). The average molecular weight is 536 g/mol. The summed E-state index contributed by atoms with van der Waals surface area (Å²) in [6.07, 6.45) is 2.23. The molecular formula is C37H29NO3. The van der Waals surface area contributed by atoms with Gasteiger partial charge in [-0.15, -0.1) is 0 Å². The Morgan fingerprint density at radius 2 is 1.15 bits per heavy atom. The first-order chi connectivity index (χ1) is 20.1. The van der Waals surface area contributed by atoms with Crippen molar-refractivity contribution in [3.63, 3.8) is 0 Å². The Kier molecular flexibility index (Phi) is 7.29. The van der Waals surface area contributed by atoms with Gasteiger partial charge in [0.1, 0.15) is 5.76 Å². The molecule has 4 heteroatoms. The zero-order valence-corrected chi connectivity index (χ0v) is 22.4. The molecule has 0 aliphatic carbocycles. The van der Waals surface area contributed by atoms with Crippen LogP contribution in [0.15, 0.2) is 152 Å². The largest absolute Gasteiger partial charge is 0.424 e. The molecule has 0 aromatic heterocycles. The fourth-order valence-electron chi connectivity index (χ4n) is 5.43. The number of cyclic esters (lactones) is 1. The van der Waals surface area contributed by atoms with Gasteiger partial charge in [0.05, 0.1) is 0 Å². The highest BCUT2D eigenvalue weighted by atomic mass is 16.5. The van der Waals surface area contributed by atoms with Crippen LogP contribution in [0.1, 0.15) is 33.0 Å². The second kappa shape index (κ2) is 11.5. The maximum Gasteiger partial charge on any atom is 0.338 e. The van der Waals surface area contributed by atoms with Crippen molar-refractivity contribution >= 4 is 17.6 Å². The Hall–Kier alpha value is -5.22. The normalized spacial score (nSPS) is 18.2. The third kappa shape index (κ3) is 5.45. The van der Waals surface area contributed by atoms with Gasteiger partial charge in [0.15, 0.2) is 5.54 Å². The Balaban J connectivity index is 1.50. The maximum absolute atomic E-state index is 14.3. The smallest absolute Gasteiger partial charge is 0.338 e. The van der Waals surface area contributed by atoms with E-state index in [0.29, 0.717) is 11.3 Å². The monoisotopic (exact) mass is 535 g/mol. The maximum atomic E-state index is 14.3. The van der Waals surface area contributed by atoms with Gasteiger partial charge in [-0.05, 0) is 40.5 Å². The first-order valence-electron chi connectivity index (χ1n) is 13.7. The molecular weight excluding hydrogens is 506 g/mol. The van der Waals surface area contributed by atoms with Gasteiger partial charge >= 0.3 is 5.97 Å². The summed E-state index contributed by atoms with van der Waals surface area (Å²) in [5.41, 5.74) is 3.89. The topological polar surface area (TPSA) is 55.4 Å². The molecule has 1 heterocycles. The van der Waals surface area contributed by atoms with Crippen LogP contribution in [0.25, 0.3) is 16.9 Å². The predicted molar refractivity (Wildman–Crippen MR) is 162 cm³/mol. The Morgan fingerprint density at radius 3 is 1.76 bits per heavy atom. The van der Waals surface area contributed by atoms with Crippen molar-refractivity contribution < 1.29 is 14.3 Å². The molecule has 0 fully saturated rings. The van der Waals surface area contributed by atoms with Crippen molar-refractivity contribution in [2.45, 2.75) is 17.9 Å². The van der Waals surface area contributed by atoms with E-state index in [4.69, 9.17) is 4.74 Å². The lowest BCUT2D eigenvalue weighted by molar-refractivity contribution is -0.145. The SMILES string of the molecule is O=C(N[C@]1(Cc2ccccc2)C(=O)OC(c2ccccc2)=C[C@@H]1c1ccc(-c2ccccc2)cc1)c1ccccc1. The van der Waals surface area contributed by atoms with Crippen LogP contribution in [0, 0.1) is 0 Å². The van der Waals surface area contributed by atoms with E-state index >= 15 is 0 Å². The minimum absolute atomic E-state index is 0.259. The highest BCUT2D eigenvalue weighted by molar-refractivity contribution is 6.00. The molecule has 4 nitrogen and oxygen atoms in total. The number of hydrogen-bond acceptors (Lipinski definition) is 3. The van der Waals surface area contributed by atoms with E-state index in [2.05, 4.69) is 29.6 Å². The van der Waals surface area contributed by atoms with Gasteiger partial charge in [-0.25, -0.2) is 4.79 Å². The lowest BCUT2D eigenvalue weighted by Gasteiger charge is -2.41. The quantitative estimate of drug-likeness (QED) is 0.220. The van der Waals surface area contributed by atoms with Crippen LogP contribution in [0.4, 0.5) is 0 Å². The number of amides is 1. The molecule has 1 aliphatic heterocycles. The van der Waals surface area contributed by atoms with E-state index in [-0.39, 0.29) is 12.3 Å². The van der Waals surface area contributed by atoms with Crippen LogP contribution in [-0.4, -0.2) is 17.4 Å². The zero-order valence-electron chi connectivity index (χ0n) is 22.4. The summed E-state index contributed by atoms with van der Waals surface area (Å²) in [4.78, 5) is 27.9. The van der Waals surface area contributed by atoms with E-state index < -0.39 is 17.4 Å². The highest BCUT2D eigenvalue weighted by Gasteiger charge is 2.51. The third-order valence-corrected chi connectivity index (χ3v) is 7.55. The van der Waals surface area contributed by atoms with E-state index in [0.717, 1.165) is 27.8 Å². The molecule has 41 heavy (non-hydrogen) atoms. The van der Waals surface area contributed by atoms with Crippen LogP contribution in [0.5, 0.6) is 0 Å². The second-order valence-electron chi connectivity index (χ2n) is 10.2. The van der Waals surface area contributed by atoms with Crippen LogP contribution in [-0.2, 0) is 16.0 Å². The summed E-state index contributed by atoms with van der Waals surface area (Å²) in [5, 5.41) is 3.16. The summed E-state index contributed by atoms with van der Waals surface area (Å²) in [6.45, 7) is 0. The van der Waals surface area contributed by atoms with Crippen molar-refractivity contribution in [3.05, 3.63) is 174 Å². The van der Waals surface area contributed by atoms with E-state index in [1.807, 2.05) is 115 Å². The van der Waals surface area contributed by atoms with Crippen LogP contribution >= 0.6 is 0 Å². The van der Waals surface area contributed by atoms with E-state index in [9.17, 15) is 9.59 Å². The summed E-state index contributed by atoms with van der Waals surface area (Å²) in [5.74, 6) is -0.855. The van der Waals surface area contributed by atoms with Crippen molar-refractivity contribution in [1.82, 2.24) is 5.32 Å². The number of benzene rings is 5. The molecule has 0 unspecified atom stereocenters. The van der Waals surface area contributed by atoms with Gasteiger partial charge in [-0.1, -0.05) is 133 Å². The van der Waals surface area contributed by atoms with Crippen molar-refractivity contribution in [2.24, 2.45) is 0 Å². The zero-order chi connectivity index (χ0) is 28.1. The minimum Gasteiger partial charge on any atom is -0.424 e. The Morgan fingerprint density at radius 1 is 0.634 bits per heavy atom. The van der Waals surface area contributed by atoms with Crippen molar-refractivity contribution in [3.8, 4) is 11.1 Å². The van der Waals surface area contributed by atoms with Gasteiger partial charge in [0.25, 0.3) is 5.91 Å². The first kappa shape index (κ1) is 26.0. The molecule has 1 N–H and O–H groups in total. The summed E-state index contributed by atoms with van der Waals surface area (Å²) in [6, 6.07) is 46.7. The number of hydrogen-bond donors (Lipinski definition) is 1. The van der Waals surface area contributed by atoms with Crippen molar-refractivity contribution in [2.75, 3.05) is 0 Å². The number of rotatable bonds is 7. The highest BCUT2D eigenvalue weighted by Crippen LogP contribution is 2.42. The molecule has 200 valence electrons. The van der Waals surface area contributed by atoms with Gasteiger partial charge < -0.3 is 10.1 Å². The molecule has 0 radical (unpaired) electrons. The molecule has 0 bridgehead atoms. The molecule has 5 aromatic carbocycles. The second-order valence-corrected chi connectivity index (χ2v) is 10.2. The standard InChI is InChI=1S/C37H29NO3/c39-35(32-19-11-4-12-20-32)38-37(26-27-13-5-1-6-14-27)33(25-34(41-36(37)40)31-17-9-3-10-18-31)30-23-21-29(22-24-30)28-15-7-2-8-16-28/h1-25,33H,26H2,(H,38,39)/t33-,37+/m1/s1. The number of nitrogens with one attached hydrogen (secondary N) is 1. The molecule has 0 saturated carbocycles. The predicted octanol–water partition coefficient (Wildman–Crippen LogP) is 7.45. The summed E-state index contributed by atoms with van der Waals surface area (Å²) < 4.78 is 6.05. The van der Waals surface area contributed by atoms with Crippen LogP contribution < -0.4 is 5.32 Å². The van der Waals surface area contributed by atoms with Crippen LogP contribution in [0.2, 0.25) is 0 Å². The summed E-state index contributed by atoms with van der Waals surface area (Å²) >= 11 is 0. The molecule has 1 amide bonds. The molecule has 0 spiro atoms. The molecule has 2 atom stereocenters. The van der Waals surface area contributed by atoms with Gasteiger partial charge in [0.2, 0.25) is 0 Å². The number of ether oxygens (including phenoxy) is 1. The Labute approximate surface area is 240 Å². The van der Waals surface area contributed by atoms with Gasteiger partial charge in [-0.2, -0.15) is 0 Å². The molecule has 0 saturated heterocycles. The van der Waals surface area contributed by atoms with Gasteiger partial charge in [0, 0.05) is 23.5 Å². The average Bonchev–Trinajstić information content (AvgIpc) is 3.04. The lowest BCUT2D eigenvalue weighted by atomic mass is 9.73. The molecule has 1 aliphatic rings. The number of carbonyl (C=O) groups excluding carboxylic acids is 2. The van der Waals surface area contributed by atoms with E-state index in [1.54, 1.807) is 12.1 Å². The van der Waals surface area contributed by atoms with Crippen LogP contribution in [0.3, 0.4) is 0 Å². The fourth-order valence-corrected chi connectivity index (χ4v) is 5.43.